The first-order valence-electron chi connectivity index (χ1n) is 6.86. The van der Waals surface area contributed by atoms with Crippen LogP contribution < -0.4 is 5.43 Å². The first kappa shape index (κ1) is 14.9. The third-order valence-electron chi connectivity index (χ3n) is 3.35. The van der Waals surface area contributed by atoms with Gasteiger partial charge >= 0.3 is 5.97 Å². The average Bonchev–Trinajstić information content (AvgIpc) is 2.84. The van der Waals surface area contributed by atoms with E-state index in [-0.39, 0.29) is 11.9 Å². The molecule has 1 aliphatic rings. The van der Waals surface area contributed by atoms with Crippen LogP contribution in [0.25, 0.3) is 0 Å². The molecule has 1 N–H and O–H groups in total. The van der Waals surface area contributed by atoms with Crippen LogP contribution in [-0.4, -0.2) is 22.5 Å². The Hall–Kier alpha value is -1.49. The third kappa shape index (κ3) is 2.98. The fourth-order valence-corrected chi connectivity index (χ4v) is 3.53. The van der Waals surface area contributed by atoms with Crippen molar-refractivity contribution in [3.63, 3.8) is 0 Å². The maximum atomic E-state index is 12.1. The van der Waals surface area contributed by atoms with Gasteiger partial charge in [-0.25, -0.2) is 0 Å². The molecule has 4 nitrogen and oxygen atoms in total. The predicted octanol–water partition coefficient (Wildman–Crippen LogP) is 2.99. The monoisotopic (exact) mass is 292 g/mol. The van der Waals surface area contributed by atoms with Crippen molar-refractivity contribution in [3.05, 3.63) is 35.9 Å². The summed E-state index contributed by atoms with van der Waals surface area (Å²) >= 11 is 1.59. The second kappa shape index (κ2) is 6.31. The Morgan fingerprint density at radius 1 is 1.40 bits per heavy atom. The van der Waals surface area contributed by atoms with Crippen molar-refractivity contribution in [2.45, 2.75) is 32.1 Å². The number of carbonyl (C=O) groups is 1. The van der Waals surface area contributed by atoms with Gasteiger partial charge in [0, 0.05) is 5.56 Å². The largest absolute Gasteiger partial charge is 0.466 e. The van der Waals surface area contributed by atoms with Crippen LogP contribution in [0.5, 0.6) is 0 Å². The minimum Gasteiger partial charge on any atom is -0.466 e. The Balaban J connectivity index is 2.13. The summed E-state index contributed by atoms with van der Waals surface area (Å²) in [7, 11) is 0. The van der Waals surface area contributed by atoms with Crippen LogP contribution in [-0.2, 0) is 9.53 Å². The molecule has 108 valence electrons. The Morgan fingerprint density at radius 3 is 2.70 bits per heavy atom. The summed E-state index contributed by atoms with van der Waals surface area (Å²) in [6.45, 7) is 6.23. The Kier molecular flexibility index (Phi) is 4.70. The molecule has 0 unspecified atom stereocenters. The van der Waals surface area contributed by atoms with E-state index in [1.54, 1.807) is 11.8 Å². The fraction of sp³-hybridized carbons (Fsp3) is 0.467. The summed E-state index contributed by atoms with van der Waals surface area (Å²) in [5, 5.41) is 5.31. The van der Waals surface area contributed by atoms with Gasteiger partial charge in [0.05, 0.1) is 12.5 Å². The van der Waals surface area contributed by atoms with E-state index in [1.807, 2.05) is 51.1 Å². The Bertz CT molecular complexity index is 504. The summed E-state index contributed by atoms with van der Waals surface area (Å²) in [5.74, 6) is -0.389. The minimum absolute atomic E-state index is 0.165. The molecule has 0 radical (unpaired) electrons. The number of ether oxygens (including phenoxy) is 1. The molecule has 5 heteroatoms. The van der Waals surface area contributed by atoms with Gasteiger partial charge in [0.2, 0.25) is 0 Å². The molecule has 1 heterocycles. The molecule has 0 spiro atoms. The van der Waals surface area contributed by atoms with Crippen LogP contribution in [0.4, 0.5) is 0 Å². The van der Waals surface area contributed by atoms with Gasteiger partial charge in [-0.3, -0.25) is 10.2 Å². The van der Waals surface area contributed by atoms with Crippen molar-refractivity contribution >= 4 is 22.8 Å². The number of esters is 1. The Labute approximate surface area is 124 Å². The lowest BCUT2D eigenvalue weighted by molar-refractivity contribution is -0.149. The molecular weight excluding hydrogens is 272 g/mol. The van der Waals surface area contributed by atoms with E-state index >= 15 is 0 Å². The van der Waals surface area contributed by atoms with Crippen LogP contribution in [0, 0.1) is 5.92 Å². The van der Waals surface area contributed by atoms with Crippen LogP contribution in [0.3, 0.4) is 0 Å². The van der Waals surface area contributed by atoms with E-state index in [1.165, 1.54) is 0 Å². The number of carbonyl (C=O) groups excluding carboxylic acids is 1. The van der Waals surface area contributed by atoms with Gasteiger partial charge in [0.25, 0.3) is 0 Å². The quantitative estimate of drug-likeness (QED) is 0.848. The van der Waals surface area contributed by atoms with E-state index in [0.717, 1.165) is 10.6 Å². The third-order valence-corrected chi connectivity index (χ3v) is 4.67. The van der Waals surface area contributed by atoms with Gasteiger partial charge in [-0.05, 0) is 20.3 Å². The maximum Gasteiger partial charge on any atom is 0.312 e. The van der Waals surface area contributed by atoms with Gasteiger partial charge in [-0.2, -0.15) is 5.10 Å². The number of hydrogen-bond acceptors (Lipinski definition) is 5. The fourth-order valence-electron chi connectivity index (χ4n) is 2.29. The zero-order valence-electron chi connectivity index (χ0n) is 12.1. The molecule has 0 bridgehead atoms. The molecule has 0 aliphatic carbocycles. The van der Waals surface area contributed by atoms with E-state index in [0.29, 0.717) is 13.0 Å². The highest BCUT2D eigenvalue weighted by Gasteiger charge is 2.44. The highest BCUT2D eigenvalue weighted by molar-refractivity contribution is 8.15. The molecule has 1 aromatic rings. The van der Waals surface area contributed by atoms with Gasteiger partial charge in [0.15, 0.2) is 0 Å². The van der Waals surface area contributed by atoms with E-state index < -0.39 is 4.87 Å². The zero-order chi connectivity index (χ0) is 14.6. The molecular formula is C15H20N2O2S. The first-order valence-corrected chi connectivity index (χ1v) is 7.68. The van der Waals surface area contributed by atoms with Crippen LogP contribution in [0.1, 0.15) is 32.8 Å². The molecule has 0 saturated heterocycles. The van der Waals surface area contributed by atoms with E-state index in [9.17, 15) is 4.79 Å². The second-order valence-electron chi connectivity index (χ2n) is 4.82. The van der Waals surface area contributed by atoms with Crippen molar-refractivity contribution < 1.29 is 9.53 Å². The maximum absolute atomic E-state index is 12.1. The van der Waals surface area contributed by atoms with Gasteiger partial charge in [-0.15, -0.1) is 0 Å². The first-order chi connectivity index (χ1) is 9.60. The lowest BCUT2D eigenvalue weighted by Crippen LogP contribution is -2.44. The van der Waals surface area contributed by atoms with Crippen LogP contribution in [0.15, 0.2) is 35.4 Å². The number of nitrogens with one attached hydrogen (secondary N) is 1. The van der Waals surface area contributed by atoms with Crippen molar-refractivity contribution in [1.82, 2.24) is 5.43 Å². The molecule has 2 atom stereocenters. The van der Waals surface area contributed by atoms with Crippen molar-refractivity contribution in [1.29, 1.82) is 0 Å². The number of thioether (sulfide) groups is 1. The van der Waals surface area contributed by atoms with Gasteiger partial charge in [0.1, 0.15) is 9.91 Å². The van der Waals surface area contributed by atoms with Gasteiger partial charge in [-0.1, -0.05) is 49.0 Å². The molecule has 0 fully saturated rings. The molecule has 2 rings (SSSR count). The molecule has 20 heavy (non-hydrogen) atoms. The molecule has 1 aromatic carbocycles. The molecule has 1 aliphatic heterocycles. The predicted molar refractivity (Wildman–Crippen MR) is 82.5 cm³/mol. The topological polar surface area (TPSA) is 50.7 Å². The number of hydrazone groups is 1. The van der Waals surface area contributed by atoms with Crippen LogP contribution in [0.2, 0.25) is 0 Å². The highest BCUT2D eigenvalue weighted by Crippen LogP contribution is 2.39. The highest BCUT2D eigenvalue weighted by atomic mass is 32.2. The lowest BCUT2D eigenvalue weighted by Gasteiger charge is -2.30. The number of hydrogen-bond donors (Lipinski definition) is 1. The minimum atomic E-state index is -0.452. The second-order valence-corrected chi connectivity index (χ2v) is 6.26. The lowest BCUT2D eigenvalue weighted by atomic mass is 9.98. The summed E-state index contributed by atoms with van der Waals surface area (Å²) < 4.78 is 5.17. The van der Waals surface area contributed by atoms with E-state index in [4.69, 9.17) is 4.74 Å². The normalized spacial score (nSPS) is 22.9. The summed E-state index contributed by atoms with van der Waals surface area (Å²) in [6.07, 6.45) is 0.715. The van der Waals surface area contributed by atoms with Crippen molar-refractivity contribution in [3.8, 4) is 0 Å². The number of benzene rings is 1. The Morgan fingerprint density at radius 2 is 2.10 bits per heavy atom. The summed E-state index contributed by atoms with van der Waals surface area (Å²) in [6, 6.07) is 9.98. The standard InChI is InChI=1S/C15H20N2O2S/c1-4-12(14(18)19-5-2)15(3)17-16-13(20-15)11-9-7-6-8-10-11/h6-10,12,17H,4-5H2,1-3H3/t12-,15+/m0/s1. The molecule has 0 aromatic heterocycles. The van der Waals surface area contributed by atoms with Crippen molar-refractivity contribution in [2.24, 2.45) is 11.0 Å². The zero-order valence-corrected chi connectivity index (χ0v) is 12.9. The smallest absolute Gasteiger partial charge is 0.312 e. The summed E-state index contributed by atoms with van der Waals surface area (Å²) in [5.41, 5.74) is 4.18. The number of rotatable bonds is 5. The van der Waals surface area contributed by atoms with Crippen molar-refractivity contribution in [2.75, 3.05) is 6.61 Å². The number of nitrogens with zero attached hydrogens (tertiary/aromatic N) is 1. The average molecular weight is 292 g/mol. The van der Waals surface area contributed by atoms with Gasteiger partial charge < -0.3 is 4.74 Å². The molecule has 0 saturated carbocycles. The summed E-state index contributed by atoms with van der Waals surface area (Å²) in [4.78, 5) is 11.6. The SMILES string of the molecule is CCOC(=O)[C@H](CC)[C@]1(C)NN=C(c2ccccc2)S1. The molecule has 0 amide bonds. The van der Waals surface area contributed by atoms with Crippen LogP contribution >= 0.6 is 11.8 Å². The van der Waals surface area contributed by atoms with E-state index in [2.05, 4.69) is 10.5 Å².